The Morgan fingerprint density at radius 2 is 1.84 bits per heavy atom. The van der Waals surface area contributed by atoms with Crippen molar-refractivity contribution >= 4 is 5.82 Å². The quantitative estimate of drug-likeness (QED) is 0.862. The third-order valence-electron chi connectivity index (χ3n) is 3.01. The van der Waals surface area contributed by atoms with Gasteiger partial charge in [-0.3, -0.25) is 9.88 Å². The molecule has 0 saturated heterocycles. The monoisotopic (exact) mass is 256 g/mol. The van der Waals surface area contributed by atoms with Crippen LogP contribution >= 0.6 is 0 Å². The van der Waals surface area contributed by atoms with Crippen molar-refractivity contribution in [3.8, 4) is 0 Å². The molecule has 2 heterocycles. The lowest BCUT2D eigenvalue weighted by molar-refractivity contribution is 0.265. The van der Waals surface area contributed by atoms with Crippen molar-refractivity contribution in [1.29, 1.82) is 0 Å². The first-order valence-electron chi connectivity index (χ1n) is 6.57. The molecule has 19 heavy (non-hydrogen) atoms. The standard InChI is InChI=1S/C15H20N4/c1-3-19(11-13-7-4-5-10-17-13)12-14-8-6-9-15(16-2)18-14/h4-10H,3,11-12H2,1-2H3,(H,16,18). The smallest absolute Gasteiger partial charge is 0.126 e. The minimum absolute atomic E-state index is 0.836. The number of rotatable bonds is 6. The van der Waals surface area contributed by atoms with Gasteiger partial charge in [0.25, 0.3) is 0 Å². The van der Waals surface area contributed by atoms with Crippen LogP contribution in [-0.4, -0.2) is 28.5 Å². The average Bonchev–Trinajstić information content (AvgIpc) is 2.48. The molecule has 0 aliphatic carbocycles. The van der Waals surface area contributed by atoms with E-state index in [1.54, 1.807) is 0 Å². The van der Waals surface area contributed by atoms with E-state index in [0.717, 1.165) is 36.8 Å². The summed E-state index contributed by atoms with van der Waals surface area (Å²) in [5, 5.41) is 3.07. The van der Waals surface area contributed by atoms with Gasteiger partial charge in [0, 0.05) is 26.3 Å². The van der Waals surface area contributed by atoms with Gasteiger partial charge in [0.15, 0.2) is 0 Å². The van der Waals surface area contributed by atoms with Gasteiger partial charge in [-0.1, -0.05) is 19.1 Å². The van der Waals surface area contributed by atoms with E-state index in [-0.39, 0.29) is 0 Å². The van der Waals surface area contributed by atoms with Gasteiger partial charge in [-0.25, -0.2) is 4.98 Å². The fourth-order valence-electron chi connectivity index (χ4n) is 1.94. The molecule has 0 spiro atoms. The maximum atomic E-state index is 4.55. The van der Waals surface area contributed by atoms with E-state index in [1.165, 1.54) is 0 Å². The molecule has 0 unspecified atom stereocenters. The molecule has 4 nitrogen and oxygen atoms in total. The predicted molar refractivity (Wildman–Crippen MR) is 77.8 cm³/mol. The number of anilines is 1. The Morgan fingerprint density at radius 3 is 2.53 bits per heavy atom. The van der Waals surface area contributed by atoms with Crippen LogP contribution in [0.25, 0.3) is 0 Å². The van der Waals surface area contributed by atoms with Gasteiger partial charge in [0.05, 0.1) is 11.4 Å². The Balaban J connectivity index is 2.02. The molecule has 1 N–H and O–H groups in total. The highest BCUT2D eigenvalue weighted by Gasteiger charge is 2.06. The second-order valence-electron chi connectivity index (χ2n) is 4.39. The topological polar surface area (TPSA) is 41.1 Å². The van der Waals surface area contributed by atoms with Crippen molar-refractivity contribution in [1.82, 2.24) is 14.9 Å². The zero-order chi connectivity index (χ0) is 13.5. The number of pyridine rings is 2. The minimum Gasteiger partial charge on any atom is -0.373 e. The maximum Gasteiger partial charge on any atom is 0.126 e. The highest BCUT2D eigenvalue weighted by Crippen LogP contribution is 2.09. The Kier molecular flexibility index (Phi) is 4.86. The molecule has 0 bridgehead atoms. The summed E-state index contributed by atoms with van der Waals surface area (Å²) in [6.07, 6.45) is 1.84. The van der Waals surface area contributed by atoms with Crippen LogP contribution < -0.4 is 5.32 Å². The van der Waals surface area contributed by atoms with Crippen LogP contribution in [0.3, 0.4) is 0 Å². The Hall–Kier alpha value is -1.94. The first-order chi connectivity index (χ1) is 9.31. The summed E-state index contributed by atoms with van der Waals surface area (Å²) >= 11 is 0. The summed E-state index contributed by atoms with van der Waals surface area (Å²) < 4.78 is 0. The third-order valence-corrected chi connectivity index (χ3v) is 3.01. The molecule has 100 valence electrons. The van der Waals surface area contributed by atoms with Gasteiger partial charge in [0.2, 0.25) is 0 Å². The lowest BCUT2D eigenvalue weighted by Crippen LogP contribution is -2.23. The molecular formula is C15H20N4. The van der Waals surface area contributed by atoms with Crippen molar-refractivity contribution < 1.29 is 0 Å². The fraction of sp³-hybridized carbons (Fsp3) is 0.333. The summed E-state index contributed by atoms with van der Waals surface area (Å²) in [6.45, 7) is 4.82. The number of aromatic nitrogens is 2. The van der Waals surface area contributed by atoms with E-state index in [0.29, 0.717) is 0 Å². The van der Waals surface area contributed by atoms with E-state index in [2.05, 4.69) is 39.2 Å². The van der Waals surface area contributed by atoms with Crippen molar-refractivity contribution in [2.75, 3.05) is 18.9 Å². The van der Waals surface area contributed by atoms with E-state index < -0.39 is 0 Å². The van der Waals surface area contributed by atoms with Crippen LogP contribution in [0.15, 0.2) is 42.6 Å². The molecule has 0 aliphatic rings. The van der Waals surface area contributed by atoms with Crippen molar-refractivity contribution in [2.24, 2.45) is 0 Å². The lowest BCUT2D eigenvalue weighted by atomic mass is 10.3. The normalized spacial score (nSPS) is 10.7. The Labute approximate surface area is 114 Å². The highest BCUT2D eigenvalue weighted by molar-refractivity contribution is 5.34. The van der Waals surface area contributed by atoms with Gasteiger partial charge >= 0.3 is 0 Å². The summed E-state index contributed by atoms with van der Waals surface area (Å²) in [5.41, 5.74) is 2.17. The highest BCUT2D eigenvalue weighted by atomic mass is 15.1. The van der Waals surface area contributed by atoms with Gasteiger partial charge in [-0.15, -0.1) is 0 Å². The summed E-state index contributed by atoms with van der Waals surface area (Å²) in [4.78, 5) is 11.2. The summed E-state index contributed by atoms with van der Waals surface area (Å²) in [7, 11) is 1.89. The second-order valence-corrected chi connectivity index (χ2v) is 4.39. The van der Waals surface area contributed by atoms with E-state index in [4.69, 9.17) is 0 Å². The van der Waals surface area contributed by atoms with Gasteiger partial charge < -0.3 is 5.32 Å². The Morgan fingerprint density at radius 1 is 1.05 bits per heavy atom. The fourth-order valence-corrected chi connectivity index (χ4v) is 1.94. The van der Waals surface area contributed by atoms with Crippen LogP contribution in [0.5, 0.6) is 0 Å². The molecule has 2 rings (SSSR count). The van der Waals surface area contributed by atoms with Crippen LogP contribution in [0, 0.1) is 0 Å². The molecule has 0 amide bonds. The minimum atomic E-state index is 0.836. The van der Waals surface area contributed by atoms with E-state index >= 15 is 0 Å². The van der Waals surface area contributed by atoms with Crippen LogP contribution in [0.2, 0.25) is 0 Å². The summed E-state index contributed by atoms with van der Waals surface area (Å²) in [5.74, 6) is 0.909. The largest absolute Gasteiger partial charge is 0.373 e. The number of hydrogen-bond donors (Lipinski definition) is 1. The number of hydrogen-bond acceptors (Lipinski definition) is 4. The molecule has 4 heteroatoms. The first-order valence-corrected chi connectivity index (χ1v) is 6.57. The molecule has 2 aromatic heterocycles. The molecular weight excluding hydrogens is 236 g/mol. The average molecular weight is 256 g/mol. The van der Waals surface area contributed by atoms with Gasteiger partial charge in [0.1, 0.15) is 5.82 Å². The van der Waals surface area contributed by atoms with Crippen LogP contribution in [0.4, 0.5) is 5.82 Å². The number of nitrogens with one attached hydrogen (secondary N) is 1. The lowest BCUT2D eigenvalue weighted by Gasteiger charge is -2.19. The number of nitrogens with zero attached hydrogens (tertiary/aromatic N) is 3. The predicted octanol–water partition coefficient (Wildman–Crippen LogP) is 2.54. The van der Waals surface area contributed by atoms with Gasteiger partial charge in [-0.05, 0) is 30.8 Å². The zero-order valence-corrected chi connectivity index (χ0v) is 11.5. The molecule has 0 aliphatic heterocycles. The van der Waals surface area contributed by atoms with Crippen LogP contribution in [0.1, 0.15) is 18.3 Å². The van der Waals surface area contributed by atoms with Crippen molar-refractivity contribution in [2.45, 2.75) is 20.0 Å². The molecule has 2 aromatic rings. The van der Waals surface area contributed by atoms with Crippen LogP contribution in [-0.2, 0) is 13.1 Å². The summed E-state index contributed by atoms with van der Waals surface area (Å²) in [6, 6.07) is 12.1. The second kappa shape index (κ2) is 6.85. The zero-order valence-electron chi connectivity index (χ0n) is 11.5. The van der Waals surface area contributed by atoms with Gasteiger partial charge in [-0.2, -0.15) is 0 Å². The van der Waals surface area contributed by atoms with E-state index in [1.807, 2.05) is 37.5 Å². The SMILES string of the molecule is CCN(Cc1ccccn1)Cc1cccc(NC)n1. The van der Waals surface area contributed by atoms with Crippen molar-refractivity contribution in [3.63, 3.8) is 0 Å². The molecule has 0 radical (unpaired) electrons. The first kappa shape index (κ1) is 13.5. The Bertz CT molecular complexity index is 499. The van der Waals surface area contributed by atoms with E-state index in [9.17, 15) is 0 Å². The third kappa shape index (κ3) is 4.03. The maximum absolute atomic E-state index is 4.55. The molecule has 0 saturated carbocycles. The van der Waals surface area contributed by atoms with Crippen molar-refractivity contribution in [3.05, 3.63) is 54.0 Å². The molecule has 0 fully saturated rings. The molecule has 0 aromatic carbocycles. The molecule has 0 atom stereocenters.